The standard InChI is InChI=1S/C18H15NO3/c1-13-15(18(20)21)11-12-19(13)16-9-5-6-10-17(16)22-14-7-3-2-4-8-14/h2-12H,1H3,(H,20,21). The monoisotopic (exact) mass is 293 g/mol. The van der Waals surface area contributed by atoms with E-state index in [0.29, 0.717) is 11.4 Å². The maximum atomic E-state index is 11.2. The van der Waals surface area contributed by atoms with Crippen LogP contribution in [0.1, 0.15) is 16.1 Å². The SMILES string of the molecule is Cc1c(C(=O)O)ccn1-c1ccccc1Oc1ccccc1. The van der Waals surface area contributed by atoms with Crippen LogP contribution in [-0.2, 0) is 0 Å². The summed E-state index contributed by atoms with van der Waals surface area (Å²) in [7, 11) is 0. The number of nitrogens with zero attached hydrogens (tertiary/aromatic N) is 1. The third-order valence-electron chi connectivity index (χ3n) is 3.47. The minimum atomic E-state index is -0.933. The molecule has 0 aliphatic carbocycles. The molecule has 0 atom stereocenters. The van der Waals surface area contributed by atoms with Crippen LogP contribution in [0, 0.1) is 6.92 Å². The number of carbonyl (C=O) groups is 1. The number of aromatic carboxylic acids is 1. The molecule has 2 aromatic carbocycles. The Balaban J connectivity index is 2.03. The van der Waals surface area contributed by atoms with Crippen LogP contribution >= 0.6 is 0 Å². The molecule has 4 nitrogen and oxygen atoms in total. The second kappa shape index (κ2) is 5.77. The van der Waals surface area contributed by atoms with Crippen molar-refractivity contribution >= 4 is 5.97 Å². The van der Waals surface area contributed by atoms with Crippen molar-refractivity contribution < 1.29 is 14.6 Å². The van der Waals surface area contributed by atoms with Crippen molar-refractivity contribution in [3.8, 4) is 17.2 Å². The van der Waals surface area contributed by atoms with Crippen molar-refractivity contribution in [2.45, 2.75) is 6.92 Å². The molecule has 4 heteroatoms. The highest BCUT2D eigenvalue weighted by atomic mass is 16.5. The Hall–Kier alpha value is -3.01. The van der Waals surface area contributed by atoms with E-state index in [4.69, 9.17) is 4.74 Å². The second-order valence-corrected chi connectivity index (χ2v) is 4.87. The number of hydrogen-bond donors (Lipinski definition) is 1. The van der Waals surface area contributed by atoms with Crippen molar-refractivity contribution in [3.05, 3.63) is 78.1 Å². The fourth-order valence-electron chi connectivity index (χ4n) is 2.36. The molecular formula is C18H15NO3. The maximum absolute atomic E-state index is 11.2. The second-order valence-electron chi connectivity index (χ2n) is 4.87. The molecule has 0 aliphatic heterocycles. The fourth-order valence-corrected chi connectivity index (χ4v) is 2.36. The summed E-state index contributed by atoms with van der Waals surface area (Å²) in [6, 6.07) is 18.6. The molecule has 0 saturated heterocycles. The van der Waals surface area contributed by atoms with Gasteiger partial charge >= 0.3 is 5.97 Å². The van der Waals surface area contributed by atoms with Gasteiger partial charge in [-0.15, -0.1) is 0 Å². The van der Waals surface area contributed by atoms with Crippen molar-refractivity contribution in [1.82, 2.24) is 4.57 Å². The Morgan fingerprint density at radius 1 is 1.00 bits per heavy atom. The lowest BCUT2D eigenvalue weighted by molar-refractivity contribution is 0.0696. The smallest absolute Gasteiger partial charge is 0.337 e. The van der Waals surface area contributed by atoms with Gasteiger partial charge in [0.05, 0.1) is 11.3 Å². The van der Waals surface area contributed by atoms with Crippen LogP contribution in [0.25, 0.3) is 5.69 Å². The first-order chi connectivity index (χ1) is 10.7. The van der Waals surface area contributed by atoms with Crippen molar-refractivity contribution in [2.24, 2.45) is 0 Å². The average Bonchev–Trinajstić information content (AvgIpc) is 2.91. The molecule has 0 spiro atoms. The summed E-state index contributed by atoms with van der Waals surface area (Å²) in [5.74, 6) is 0.472. The Morgan fingerprint density at radius 2 is 1.68 bits per heavy atom. The minimum absolute atomic E-state index is 0.287. The third-order valence-corrected chi connectivity index (χ3v) is 3.47. The van der Waals surface area contributed by atoms with E-state index in [-0.39, 0.29) is 5.56 Å². The Bertz CT molecular complexity index is 806. The molecule has 0 saturated carbocycles. The largest absolute Gasteiger partial charge is 0.478 e. The zero-order valence-electron chi connectivity index (χ0n) is 12.1. The molecule has 1 aromatic heterocycles. The molecule has 0 amide bonds. The lowest BCUT2D eigenvalue weighted by Crippen LogP contribution is -2.02. The average molecular weight is 293 g/mol. The van der Waals surface area contributed by atoms with E-state index in [1.165, 1.54) is 0 Å². The lowest BCUT2D eigenvalue weighted by atomic mass is 10.2. The Kier molecular flexibility index (Phi) is 3.66. The lowest BCUT2D eigenvalue weighted by Gasteiger charge is -2.13. The van der Waals surface area contributed by atoms with E-state index in [1.54, 1.807) is 19.2 Å². The molecule has 0 aliphatic rings. The van der Waals surface area contributed by atoms with Gasteiger partial charge in [-0.3, -0.25) is 0 Å². The Morgan fingerprint density at radius 3 is 2.36 bits per heavy atom. The number of aromatic nitrogens is 1. The van der Waals surface area contributed by atoms with E-state index in [9.17, 15) is 9.90 Å². The quantitative estimate of drug-likeness (QED) is 0.781. The first-order valence-electron chi connectivity index (χ1n) is 6.90. The topological polar surface area (TPSA) is 51.5 Å². The Labute approximate surface area is 128 Å². The normalized spacial score (nSPS) is 10.4. The van der Waals surface area contributed by atoms with Gasteiger partial charge in [-0.1, -0.05) is 30.3 Å². The number of rotatable bonds is 4. The van der Waals surface area contributed by atoms with E-state index in [1.807, 2.05) is 59.2 Å². The van der Waals surface area contributed by atoms with E-state index >= 15 is 0 Å². The highest BCUT2D eigenvalue weighted by Gasteiger charge is 2.14. The van der Waals surface area contributed by atoms with Crippen LogP contribution in [0.2, 0.25) is 0 Å². The van der Waals surface area contributed by atoms with Gasteiger partial charge in [0, 0.05) is 11.9 Å². The van der Waals surface area contributed by atoms with Crippen molar-refractivity contribution in [1.29, 1.82) is 0 Å². The summed E-state index contributed by atoms with van der Waals surface area (Å²) in [6.07, 6.45) is 1.74. The van der Waals surface area contributed by atoms with Crippen LogP contribution in [0.5, 0.6) is 11.5 Å². The minimum Gasteiger partial charge on any atom is -0.478 e. The summed E-state index contributed by atoms with van der Waals surface area (Å²) < 4.78 is 7.74. The molecule has 0 unspecified atom stereocenters. The van der Waals surface area contributed by atoms with Gasteiger partial charge in [0.2, 0.25) is 0 Å². The molecule has 1 heterocycles. The van der Waals surface area contributed by atoms with Gasteiger partial charge in [0.1, 0.15) is 5.75 Å². The molecule has 22 heavy (non-hydrogen) atoms. The number of carboxylic acid groups (broad SMARTS) is 1. The van der Waals surface area contributed by atoms with Crippen LogP contribution in [0.4, 0.5) is 0 Å². The van der Waals surface area contributed by atoms with Gasteiger partial charge in [0.25, 0.3) is 0 Å². The van der Waals surface area contributed by atoms with Gasteiger partial charge in [0.15, 0.2) is 5.75 Å². The first kappa shape index (κ1) is 13.9. The van der Waals surface area contributed by atoms with Gasteiger partial charge in [-0.2, -0.15) is 0 Å². The summed E-state index contributed by atoms with van der Waals surface area (Å²) in [4.78, 5) is 11.2. The zero-order valence-corrected chi connectivity index (χ0v) is 12.1. The first-order valence-corrected chi connectivity index (χ1v) is 6.90. The molecule has 0 radical (unpaired) electrons. The summed E-state index contributed by atoms with van der Waals surface area (Å²) in [6.45, 7) is 1.78. The molecule has 0 fully saturated rings. The van der Waals surface area contributed by atoms with Gasteiger partial charge < -0.3 is 14.4 Å². The molecule has 1 N–H and O–H groups in total. The fraction of sp³-hybridized carbons (Fsp3) is 0.0556. The summed E-state index contributed by atoms with van der Waals surface area (Å²) in [5, 5.41) is 9.19. The van der Waals surface area contributed by atoms with Crippen molar-refractivity contribution in [2.75, 3.05) is 0 Å². The number of hydrogen-bond acceptors (Lipinski definition) is 2. The molecule has 3 aromatic rings. The molecule has 0 bridgehead atoms. The molecule has 3 rings (SSSR count). The third kappa shape index (κ3) is 2.59. The van der Waals surface area contributed by atoms with Crippen LogP contribution < -0.4 is 4.74 Å². The number of carboxylic acids is 1. The molecule has 110 valence electrons. The summed E-state index contributed by atoms with van der Waals surface area (Å²) in [5.41, 5.74) is 1.75. The predicted molar refractivity (Wildman–Crippen MR) is 84.0 cm³/mol. The maximum Gasteiger partial charge on any atom is 0.337 e. The number of para-hydroxylation sites is 3. The van der Waals surface area contributed by atoms with Crippen LogP contribution in [-0.4, -0.2) is 15.6 Å². The van der Waals surface area contributed by atoms with E-state index in [0.717, 1.165) is 11.4 Å². The summed E-state index contributed by atoms with van der Waals surface area (Å²) >= 11 is 0. The van der Waals surface area contributed by atoms with E-state index in [2.05, 4.69) is 0 Å². The van der Waals surface area contributed by atoms with Crippen LogP contribution in [0.15, 0.2) is 66.9 Å². The van der Waals surface area contributed by atoms with Gasteiger partial charge in [-0.05, 0) is 37.3 Å². The molecular weight excluding hydrogens is 278 g/mol. The van der Waals surface area contributed by atoms with Gasteiger partial charge in [-0.25, -0.2) is 4.79 Å². The van der Waals surface area contributed by atoms with E-state index < -0.39 is 5.97 Å². The zero-order chi connectivity index (χ0) is 15.5. The van der Waals surface area contributed by atoms with Crippen LogP contribution in [0.3, 0.4) is 0 Å². The van der Waals surface area contributed by atoms with Crippen molar-refractivity contribution in [3.63, 3.8) is 0 Å². The predicted octanol–water partition coefficient (Wildman–Crippen LogP) is 4.28. The number of ether oxygens (including phenoxy) is 1. The number of benzene rings is 2. The highest BCUT2D eigenvalue weighted by molar-refractivity contribution is 5.89. The highest BCUT2D eigenvalue weighted by Crippen LogP contribution is 2.29.